The highest BCUT2D eigenvalue weighted by Gasteiger charge is 2.34. The van der Waals surface area contributed by atoms with Crippen LogP contribution in [0.25, 0.3) is 0 Å². The molecule has 8 nitrogen and oxygen atoms in total. The average Bonchev–Trinajstić information content (AvgIpc) is 3.21. The summed E-state index contributed by atoms with van der Waals surface area (Å²) >= 11 is 9.70. The molecule has 1 aliphatic rings. The molecule has 1 aliphatic heterocycles. The van der Waals surface area contributed by atoms with Crippen LogP contribution in [0.4, 0.5) is 11.6 Å². The van der Waals surface area contributed by atoms with E-state index in [1.807, 2.05) is 31.2 Å². The van der Waals surface area contributed by atoms with Crippen molar-refractivity contribution in [3.05, 3.63) is 69.1 Å². The second-order valence-corrected chi connectivity index (χ2v) is 8.11. The molecule has 4 rings (SSSR count). The zero-order chi connectivity index (χ0) is 22.1. The molecule has 1 amide bonds. The van der Waals surface area contributed by atoms with E-state index in [-0.39, 0.29) is 5.91 Å². The number of carbonyl (C=O) groups excluding carboxylic acids is 1. The van der Waals surface area contributed by atoms with Crippen molar-refractivity contribution in [1.82, 2.24) is 14.8 Å². The Kier molecular flexibility index (Phi) is 5.88. The first-order chi connectivity index (χ1) is 14.9. The van der Waals surface area contributed by atoms with Gasteiger partial charge in [0.1, 0.15) is 23.9 Å². The molecular weight excluding hydrogens is 486 g/mol. The van der Waals surface area contributed by atoms with E-state index < -0.39 is 6.04 Å². The smallest absolute Gasteiger partial charge is 0.255 e. The van der Waals surface area contributed by atoms with Gasteiger partial charge in [-0.25, -0.2) is 4.68 Å². The minimum absolute atomic E-state index is 0.321. The summed E-state index contributed by atoms with van der Waals surface area (Å²) in [4.78, 5) is 17.8. The normalized spacial score (nSPS) is 15.2. The first-order valence-electron chi connectivity index (χ1n) is 9.28. The summed E-state index contributed by atoms with van der Waals surface area (Å²) in [6.07, 6.45) is 1.45. The van der Waals surface area contributed by atoms with Crippen LogP contribution < -0.4 is 20.1 Å². The number of nitrogens with zero attached hydrogens (tertiary/aromatic N) is 3. The molecule has 2 N–H and O–H groups in total. The number of nitrogens with one attached hydrogen (secondary N) is 2. The van der Waals surface area contributed by atoms with Gasteiger partial charge in [0.05, 0.1) is 30.5 Å². The van der Waals surface area contributed by atoms with Crippen LogP contribution in [0, 0.1) is 0 Å². The van der Waals surface area contributed by atoms with Gasteiger partial charge < -0.3 is 20.1 Å². The first kappa shape index (κ1) is 21.2. The SMILES string of the molecule is COc1cc(NC(=O)C2=C(C)Nc3ncnn3[C@H]2c2cccc(Br)c2)c(OC)cc1Cl. The summed E-state index contributed by atoms with van der Waals surface area (Å²) in [7, 11) is 3.01. The number of anilines is 2. The van der Waals surface area contributed by atoms with Gasteiger partial charge in [-0.15, -0.1) is 0 Å². The fraction of sp³-hybridized carbons (Fsp3) is 0.190. The summed E-state index contributed by atoms with van der Waals surface area (Å²) in [5, 5.41) is 10.8. The predicted molar refractivity (Wildman–Crippen MR) is 122 cm³/mol. The van der Waals surface area contributed by atoms with E-state index in [4.69, 9.17) is 21.1 Å². The maximum atomic E-state index is 13.5. The zero-order valence-corrected chi connectivity index (χ0v) is 19.3. The van der Waals surface area contributed by atoms with Crippen LogP contribution >= 0.6 is 27.5 Å². The van der Waals surface area contributed by atoms with E-state index in [1.165, 1.54) is 20.5 Å². The van der Waals surface area contributed by atoms with E-state index in [2.05, 4.69) is 36.6 Å². The summed E-state index contributed by atoms with van der Waals surface area (Å²) in [5.41, 5.74) is 2.48. The molecule has 1 atom stereocenters. The average molecular weight is 505 g/mol. The monoisotopic (exact) mass is 503 g/mol. The molecule has 0 saturated heterocycles. The van der Waals surface area contributed by atoms with Crippen LogP contribution in [0.5, 0.6) is 11.5 Å². The van der Waals surface area contributed by atoms with Crippen LogP contribution in [0.15, 0.2) is 58.5 Å². The molecule has 0 bridgehead atoms. The number of fused-ring (bicyclic) bond motifs is 1. The number of carbonyl (C=O) groups is 1. The summed E-state index contributed by atoms with van der Waals surface area (Å²) in [5.74, 6) is 1.08. The van der Waals surface area contributed by atoms with Crippen molar-refractivity contribution in [2.75, 3.05) is 24.9 Å². The van der Waals surface area contributed by atoms with Gasteiger partial charge in [0, 0.05) is 22.3 Å². The highest BCUT2D eigenvalue weighted by molar-refractivity contribution is 9.10. The molecule has 1 aromatic heterocycles. The van der Waals surface area contributed by atoms with Gasteiger partial charge in [-0.2, -0.15) is 10.1 Å². The third-order valence-corrected chi connectivity index (χ3v) is 5.71. The Balaban J connectivity index is 1.77. The number of halogens is 2. The Bertz CT molecular complexity index is 1190. The zero-order valence-electron chi connectivity index (χ0n) is 16.9. The number of benzene rings is 2. The van der Waals surface area contributed by atoms with Crippen molar-refractivity contribution in [1.29, 1.82) is 0 Å². The molecule has 3 aromatic rings. The summed E-state index contributed by atoms with van der Waals surface area (Å²) in [6.45, 7) is 1.83. The number of ether oxygens (including phenoxy) is 2. The molecule has 0 fully saturated rings. The molecule has 2 aromatic carbocycles. The van der Waals surface area contributed by atoms with Crippen LogP contribution in [-0.4, -0.2) is 34.9 Å². The van der Waals surface area contributed by atoms with Crippen molar-refractivity contribution in [3.63, 3.8) is 0 Å². The van der Waals surface area contributed by atoms with Crippen LogP contribution in [0.2, 0.25) is 5.02 Å². The second-order valence-electron chi connectivity index (χ2n) is 6.79. The fourth-order valence-corrected chi connectivity index (χ4v) is 4.17. The van der Waals surface area contributed by atoms with Gasteiger partial charge in [-0.05, 0) is 24.6 Å². The van der Waals surface area contributed by atoms with E-state index in [0.717, 1.165) is 10.0 Å². The Morgan fingerprint density at radius 1 is 1.23 bits per heavy atom. The van der Waals surface area contributed by atoms with Crippen LogP contribution in [0.3, 0.4) is 0 Å². The molecule has 0 aliphatic carbocycles. The maximum absolute atomic E-state index is 13.5. The van der Waals surface area contributed by atoms with E-state index >= 15 is 0 Å². The molecule has 0 spiro atoms. The highest BCUT2D eigenvalue weighted by atomic mass is 79.9. The number of hydrogen-bond donors (Lipinski definition) is 2. The standard InChI is InChI=1S/C21H19BrClN5O3/c1-11-18(20(29)27-15-9-16(30-2)14(23)8-17(15)31-3)19(12-5-4-6-13(22)7-12)28-21(26-11)24-10-25-28/h4-10,19H,1-3H3,(H,27,29)(H,24,25,26)/t19-/m0/s1. The third kappa shape index (κ3) is 3.98. The van der Waals surface area contributed by atoms with Gasteiger partial charge in [-0.3, -0.25) is 4.79 Å². The van der Waals surface area contributed by atoms with Gasteiger partial charge in [0.15, 0.2) is 0 Å². The quantitative estimate of drug-likeness (QED) is 0.526. The third-order valence-electron chi connectivity index (χ3n) is 4.93. The first-order valence-corrected chi connectivity index (χ1v) is 10.5. The van der Waals surface area contributed by atoms with Gasteiger partial charge in [-0.1, -0.05) is 39.7 Å². The summed E-state index contributed by atoms with van der Waals surface area (Å²) < 4.78 is 13.3. The molecular formula is C21H19BrClN5O3. The molecule has 10 heteroatoms. The second kappa shape index (κ2) is 8.60. The summed E-state index contributed by atoms with van der Waals surface area (Å²) in [6, 6.07) is 10.5. The highest BCUT2D eigenvalue weighted by Crippen LogP contribution is 2.39. The number of methoxy groups -OCH3 is 2. The van der Waals surface area contributed by atoms with Crippen molar-refractivity contribution in [2.45, 2.75) is 13.0 Å². The minimum atomic E-state index is -0.476. The Morgan fingerprint density at radius 3 is 2.71 bits per heavy atom. The van der Waals surface area contributed by atoms with Gasteiger partial charge in [0.2, 0.25) is 5.95 Å². The minimum Gasteiger partial charge on any atom is -0.495 e. The van der Waals surface area contributed by atoms with E-state index in [1.54, 1.807) is 16.8 Å². The molecule has 160 valence electrons. The Morgan fingerprint density at radius 2 is 2.00 bits per heavy atom. The molecule has 2 heterocycles. The van der Waals surface area contributed by atoms with Gasteiger partial charge in [0.25, 0.3) is 5.91 Å². The number of hydrogen-bond acceptors (Lipinski definition) is 6. The number of rotatable bonds is 5. The topological polar surface area (TPSA) is 90.3 Å². The number of allylic oxidation sites excluding steroid dienone is 1. The van der Waals surface area contributed by atoms with Crippen molar-refractivity contribution < 1.29 is 14.3 Å². The van der Waals surface area contributed by atoms with Crippen molar-refractivity contribution in [2.24, 2.45) is 0 Å². The van der Waals surface area contributed by atoms with Crippen LogP contribution in [0.1, 0.15) is 18.5 Å². The number of amides is 1. The fourth-order valence-electron chi connectivity index (χ4n) is 3.52. The number of aromatic nitrogens is 3. The lowest BCUT2D eigenvalue weighted by molar-refractivity contribution is -0.113. The van der Waals surface area contributed by atoms with E-state index in [9.17, 15) is 4.79 Å². The lowest BCUT2D eigenvalue weighted by atomic mass is 9.95. The van der Waals surface area contributed by atoms with Crippen molar-refractivity contribution >= 4 is 45.1 Å². The molecule has 31 heavy (non-hydrogen) atoms. The van der Waals surface area contributed by atoms with Gasteiger partial charge >= 0.3 is 0 Å². The Hall–Kier alpha value is -3.04. The van der Waals surface area contributed by atoms with E-state index in [0.29, 0.717) is 39.4 Å². The van der Waals surface area contributed by atoms with Crippen molar-refractivity contribution in [3.8, 4) is 11.5 Å². The molecule has 0 saturated carbocycles. The largest absolute Gasteiger partial charge is 0.495 e. The lowest BCUT2D eigenvalue weighted by Crippen LogP contribution is -2.31. The van der Waals surface area contributed by atoms with Crippen LogP contribution in [-0.2, 0) is 4.79 Å². The predicted octanol–water partition coefficient (Wildman–Crippen LogP) is 4.64. The lowest BCUT2D eigenvalue weighted by Gasteiger charge is -2.29. The molecule has 0 unspecified atom stereocenters. The maximum Gasteiger partial charge on any atom is 0.255 e. The Labute approximate surface area is 192 Å². The molecule has 0 radical (unpaired) electrons.